The van der Waals surface area contributed by atoms with Crippen molar-refractivity contribution < 1.29 is 28.0 Å². The highest BCUT2D eigenvalue weighted by atomic mass is 127. The molecule has 138 valence electrons. The van der Waals surface area contributed by atoms with E-state index in [1.165, 1.54) is 7.11 Å². The highest BCUT2D eigenvalue weighted by molar-refractivity contribution is 14.1. The number of nitrogens with one attached hydrogen (secondary N) is 1. The number of alkyl halides is 2. The molecule has 0 saturated heterocycles. The van der Waals surface area contributed by atoms with Gasteiger partial charge in [-0.05, 0) is 47.2 Å². The summed E-state index contributed by atoms with van der Waals surface area (Å²) in [6, 6.07) is 6.85. The number of nitro benzene ring substituents is 1. The molecular formula is C16H13F2IN2O5. The predicted octanol–water partition coefficient (Wildman–Crippen LogP) is 4.37. The molecule has 0 saturated carbocycles. The van der Waals surface area contributed by atoms with Crippen LogP contribution in [0.15, 0.2) is 30.3 Å². The van der Waals surface area contributed by atoms with Gasteiger partial charge in [0.2, 0.25) is 0 Å². The molecule has 2 aromatic rings. The Bertz CT molecular complexity index is 861. The van der Waals surface area contributed by atoms with E-state index < -0.39 is 28.9 Å². The van der Waals surface area contributed by atoms with E-state index in [1.54, 1.807) is 18.2 Å². The second kappa shape index (κ2) is 8.25. The number of ether oxygens (including phenoxy) is 2. The van der Waals surface area contributed by atoms with E-state index in [-0.39, 0.29) is 11.3 Å². The van der Waals surface area contributed by atoms with Crippen LogP contribution in [0.2, 0.25) is 0 Å². The highest BCUT2D eigenvalue weighted by Crippen LogP contribution is 2.36. The van der Waals surface area contributed by atoms with Gasteiger partial charge in [-0.1, -0.05) is 6.07 Å². The van der Waals surface area contributed by atoms with E-state index in [2.05, 4.69) is 32.6 Å². The molecule has 0 fully saturated rings. The summed E-state index contributed by atoms with van der Waals surface area (Å²) in [4.78, 5) is 22.9. The number of rotatable bonds is 6. The summed E-state index contributed by atoms with van der Waals surface area (Å²) in [6.45, 7) is -1.30. The number of nitro groups is 1. The SMILES string of the molecule is COc1cc(C(=O)Nc2ccc(C)c(I)c2)c([N+](=O)[O-])cc1OC(F)F. The molecule has 0 unspecified atom stereocenters. The van der Waals surface area contributed by atoms with Gasteiger partial charge in [0.25, 0.3) is 11.6 Å². The van der Waals surface area contributed by atoms with Gasteiger partial charge in [0.05, 0.1) is 18.1 Å². The third kappa shape index (κ3) is 4.56. The third-order valence-electron chi connectivity index (χ3n) is 3.37. The van der Waals surface area contributed by atoms with Crippen molar-refractivity contribution >= 4 is 39.9 Å². The molecule has 0 radical (unpaired) electrons. The molecule has 0 bridgehead atoms. The Balaban J connectivity index is 2.44. The van der Waals surface area contributed by atoms with E-state index >= 15 is 0 Å². The highest BCUT2D eigenvalue weighted by Gasteiger charge is 2.26. The Morgan fingerprint density at radius 3 is 2.50 bits per heavy atom. The normalized spacial score (nSPS) is 10.5. The van der Waals surface area contributed by atoms with Gasteiger partial charge < -0.3 is 14.8 Å². The first-order valence-electron chi connectivity index (χ1n) is 7.11. The smallest absolute Gasteiger partial charge is 0.387 e. The number of carbonyl (C=O) groups is 1. The second-order valence-electron chi connectivity index (χ2n) is 5.07. The van der Waals surface area contributed by atoms with Gasteiger partial charge >= 0.3 is 6.61 Å². The lowest BCUT2D eigenvalue weighted by Crippen LogP contribution is -2.15. The average Bonchev–Trinajstić information content (AvgIpc) is 2.57. The topological polar surface area (TPSA) is 90.7 Å². The maximum Gasteiger partial charge on any atom is 0.387 e. The van der Waals surface area contributed by atoms with Crippen molar-refractivity contribution in [2.45, 2.75) is 13.5 Å². The van der Waals surface area contributed by atoms with E-state index in [4.69, 9.17) is 4.74 Å². The lowest BCUT2D eigenvalue weighted by Gasteiger charge is -2.12. The van der Waals surface area contributed by atoms with Crippen LogP contribution in [-0.4, -0.2) is 24.6 Å². The van der Waals surface area contributed by atoms with E-state index in [0.29, 0.717) is 5.69 Å². The van der Waals surface area contributed by atoms with Crippen LogP contribution in [0.4, 0.5) is 20.2 Å². The fourth-order valence-electron chi connectivity index (χ4n) is 2.10. The number of amides is 1. The number of aryl methyl sites for hydroxylation is 1. The van der Waals surface area contributed by atoms with Crippen molar-refractivity contribution in [3.63, 3.8) is 0 Å². The van der Waals surface area contributed by atoms with Gasteiger partial charge in [-0.2, -0.15) is 8.78 Å². The predicted molar refractivity (Wildman–Crippen MR) is 98.1 cm³/mol. The molecule has 26 heavy (non-hydrogen) atoms. The van der Waals surface area contributed by atoms with Gasteiger partial charge in [0.1, 0.15) is 5.56 Å². The number of benzene rings is 2. The first-order valence-corrected chi connectivity index (χ1v) is 8.19. The summed E-state index contributed by atoms with van der Waals surface area (Å²) < 4.78 is 34.9. The van der Waals surface area contributed by atoms with Gasteiger partial charge in [0, 0.05) is 15.3 Å². The van der Waals surface area contributed by atoms with Crippen LogP contribution in [0.25, 0.3) is 0 Å². The van der Waals surface area contributed by atoms with E-state index in [1.807, 2.05) is 6.92 Å². The van der Waals surface area contributed by atoms with Gasteiger partial charge in [-0.25, -0.2) is 0 Å². The van der Waals surface area contributed by atoms with Crippen molar-refractivity contribution in [2.75, 3.05) is 12.4 Å². The minimum Gasteiger partial charge on any atom is -0.493 e. The van der Waals surface area contributed by atoms with Crippen LogP contribution in [0.1, 0.15) is 15.9 Å². The Labute approximate surface area is 160 Å². The summed E-state index contributed by atoms with van der Waals surface area (Å²) in [5, 5.41) is 13.8. The number of carbonyl (C=O) groups excluding carboxylic acids is 1. The summed E-state index contributed by atoms with van der Waals surface area (Å²) in [5.74, 6) is -1.53. The zero-order valence-electron chi connectivity index (χ0n) is 13.6. The summed E-state index contributed by atoms with van der Waals surface area (Å²) >= 11 is 2.09. The second-order valence-corrected chi connectivity index (χ2v) is 6.24. The molecule has 1 N–H and O–H groups in total. The van der Waals surface area contributed by atoms with Gasteiger partial charge in [0.15, 0.2) is 11.5 Å². The number of anilines is 1. The Hall–Kier alpha value is -2.50. The Morgan fingerprint density at radius 1 is 1.27 bits per heavy atom. The number of nitrogens with zero attached hydrogens (tertiary/aromatic N) is 1. The van der Waals surface area contributed by atoms with Crippen LogP contribution >= 0.6 is 22.6 Å². The largest absolute Gasteiger partial charge is 0.493 e. The minimum atomic E-state index is -3.20. The number of hydrogen-bond acceptors (Lipinski definition) is 5. The van der Waals surface area contributed by atoms with Crippen LogP contribution in [0.3, 0.4) is 0 Å². The lowest BCUT2D eigenvalue weighted by molar-refractivity contribution is -0.385. The minimum absolute atomic E-state index is 0.223. The van der Waals surface area contributed by atoms with Crippen LogP contribution in [-0.2, 0) is 0 Å². The summed E-state index contributed by atoms with van der Waals surface area (Å²) in [7, 11) is 1.17. The molecule has 0 heterocycles. The molecule has 0 spiro atoms. The standard InChI is InChI=1S/C16H13F2IN2O5/c1-8-3-4-9(5-11(8)19)20-15(22)10-6-13(25-2)14(26-16(17)18)7-12(10)21(23)24/h3-7,16H,1-2H3,(H,20,22). The average molecular weight is 478 g/mol. The third-order valence-corrected chi connectivity index (χ3v) is 4.53. The fraction of sp³-hybridized carbons (Fsp3) is 0.188. The molecule has 0 aliphatic rings. The van der Waals surface area contributed by atoms with E-state index in [9.17, 15) is 23.7 Å². The molecule has 10 heteroatoms. The number of halogens is 3. The quantitative estimate of drug-likeness (QED) is 0.379. The lowest BCUT2D eigenvalue weighted by atomic mass is 10.1. The van der Waals surface area contributed by atoms with Crippen LogP contribution < -0.4 is 14.8 Å². The monoisotopic (exact) mass is 478 g/mol. The fourth-order valence-corrected chi connectivity index (χ4v) is 2.61. The van der Waals surface area contributed by atoms with Crippen molar-refractivity contribution in [1.82, 2.24) is 0 Å². The molecule has 2 rings (SSSR count). The molecule has 0 atom stereocenters. The molecule has 1 amide bonds. The molecule has 7 nitrogen and oxygen atoms in total. The first kappa shape index (κ1) is 19.8. The van der Waals surface area contributed by atoms with Crippen molar-refractivity contribution in [1.29, 1.82) is 0 Å². The zero-order valence-corrected chi connectivity index (χ0v) is 15.7. The van der Waals surface area contributed by atoms with Gasteiger partial charge in [-0.3, -0.25) is 14.9 Å². The Kier molecular flexibility index (Phi) is 6.29. The number of hydrogen-bond donors (Lipinski definition) is 1. The maximum atomic E-state index is 12.5. The summed E-state index contributed by atoms with van der Waals surface area (Å²) in [6.07, 6.45) is 0. The van der Waals surface area contributed by atoms with Crippen molar-refractivity contribution in [3.8, 4) is 11.5 Å². The van der Waals surface area contributed by atoms with Gasteiger partial charge in [-0.15, -0.1) is 0 Å². The molecule has 2 aromatic carbocycles. The van der Waals surface area contributed by atoms with Crippen LogP contribution in [0, 0.1) is 20.6 Å². The maximum absolute atomic E-state index is 12.5. The molecule has 0 aliphatic carbocycles. The zero-order chi connectivity index (χ0) is 19.4. The van der Waals surface area contributed by atoms with Crippen LogP contribution in [0.5, 0.6) is 11.5 Å². The Morgan fingerprint density at radius 2 is 1.96 bits per heavy atom. The van der Waals surface area contributed by atoms with Crippen molar-refractivity contribution in [3.05, 3.63) is 55.1 Å². The molecule has 0 aliphatic heterocycles. The van der Waals surface area contributed by atoms with E-state index in [0.717, 1.165) is 21.3 Å². The first-order chi connectivity index (χ1) is 12.2. The van der Waals surface area contributed by atoms with Crippen molar-refractivity contribution in [2.24, 2.45) is 0 Å². The summed E-state index contributed by atoms with van der Waals surface area (Å²) in [5.41, 5.74) is 0.417. The number of methoxy groups -OCH3 is 1. The molecular weight excluding hydrogens is 465 g/mol. The molecule has 0 aromatic heterocycles.